The maximum Gasteiger partial charge on any atom is 0.0584 e. The molecule has 0 atom stereocenters. The first kappa shape index (κ1) is 11.4. The van der Waals surface area contributed by atoms with Gasteiger partial charge in [-0.1, -0.05) is 0 Å². The van der Waals surface area contributed by atoms with E-state index in [1.807, 2.05) is 0 Å². The van der Waals surface area contributed by atoms with E-state index in [4.69, 9.17) is 4.74 Å². The number of nitrogens with zero attached hydrogens (tertiary/aromatic N) is 1. The first-order valence-electron chi connectivity index (χ1n) is 6.32. The molecule has 1 heterocycles. The second kappa shape index (κ2) is 5.28. The summed E-state index contributed by atoms with van der Waals surface area (Å²) in [4.78, 5) is 2.59. The molecule has 2 fully saturated rings. The van der Waals surface area contributed by atoms with Crippen LogP contribution < -0.4 is 5.32 Å². The van der Waals surface area contributed by atoms with Gasteiger partial charge in [0.1, 0.15) is 0 Å². The Kier molecular flexibility index (Phi) is 4.00. The summed E-state index contributed by atoms with van der Waals surface area (Å²) in [5, 5.41) is 3.39. The van der Waals surface area contributed by atoms with Gasteiger partial charge in [0, 0.05) is 32.7 Å². The molecule has 0 aromatic carbocycles. The van der Waals surface area contributed by atoms with E-state index in [-0.39, 0.29) is 0 Å². The van der Waals surface area contributed by atoms with E-state index in [9.17, 15) is 0 Å². The summed E-state index contributed by atoms with van der Waals surface area (Å²) in [5.74, 6) is 0.895. The predicted octanol–water partition coefficient (Wildman–Crippen LogP) is 1.10. The minimum atomic E-state index is 0.398. The summed E-state index contributed by atoms with van der Waals surface area (Å²) < 4.78 is 5.77. The molecule has 0 amide bonds. The zero-order chi connectivity index (χ0) is 10.7. The molecule has 0 radical (unpaired) electrons. The van der Waals surface area contributed by atoms with Gasteiger partial charge in [-0.15, -0.1) is 0 Å². The summed E-state index contributed by atoms with van der Waals surface area (Å²) in [6.07, 6.45) is 3.51. The zero-order valence-corrected chi connectivity index (χ0v) is 10.0. The van der Waals surface area contributed by atoms with E-state index in [2.05, 4.69) is 24.1 Å². The van der Waals surface area contributed by atoms with Crippen LogP contribution in [0.3, 0.4) is 0 Å². The maximum absolute atomic E-state index is 5.77. The van der Waals surface area contributed by atoms with Crippen molar-refractivity contribution in [1.29, 1.82) is 0 Å². The number of rotatable bonds is 4. The average Bonchev–Trinajstić information content (AvgIpc) is 2.15. The number of piperazine rings is 1. The fourth-order valence-corrected chi connectivity index (χ4v) is 2.58. The molecule has 0 aromatic heterocycles. The molecule has 0 aromatic rings. The van der Waals surface area contributed by atoms with Crippen molar-refractivity contribution in [2.24, 2.45) is 5.92 Å². The third-order valence-corrected chi connectivity index (χ3v) is 3.38. The largest absolute Gasteiger partial charge is 0.376 e. The zero-order valence-electron chi connectivity index (χ0n) is 10.0. The number of nitrogens with one attached hydrogen (secondary N) is 1. The van der Waals surface area contributed by atoms with Crippen LogP contribution in [0.25, 0.3) is 0 Å². The average molecular weight is 212 g/mol. The van der Waals surface area contributed by atoms with Gasteiger partial charge in [0.2, 0.25) is 0 Å². The fourth-order valence-electron chi connectivity index (χ4n) is 2.58. The lowest BCUT2D eigenvalue weighted by atomic mass is 9.81. The highest BCUT2D eigenvalue weighted by Crippen LogP contribution is 2.31. The number of ether oxygens (including phenoxy) is 1. The lowest BCUT2D eigenvalue weighted by Crippen LogP contribution is -2.48. The second-order valence-electron chi connectivity index (χ2n) is 5.19. The summed E-state index contributed by atoms with van der Waals surface area (Å²) in [6, 6.07) is 0. The van der Waals surface area contributed by atoms with E-state index in [1.54, 1.807) is 0 Å². The molecule has 1 saturated carbocycles. The second-order valence-corrected chi connectivity index (χ2v) is 5.19. The van der Waals surface area contributed by atoms with Crippen LogP contribution in [0.2, 0.25) is 0 Å². The molecular weight excluding hydrogens is 188 g/mol. The molecule has 88 valence electrons. The Morgan fingerprint density at radius 1 is 1.27 bits per heavy atom. The van der Waals surface area contributed by atoms with Gasteiger partial charge in [-0.3, -0.25) is 0 Å². The van der Waals surface area contributed by atoms with E-state index in [0.29, 0.717) is 12.2 Å². The van der Waals surface area contributed by atoms with E-state index in [0.717, 1.165) is 5.92 Å². The van der Waals surface area contributed by atoms with Gasteiger partial charge in [0.25, 0.3) is 0 Å². The van der Waals surface area contributed by atoms with Crippen LogP contribution in [0.4, 0.5) is 0 Å². The first-order valence-corrected chi connectivity index (χ1v) is 6.32. The van der Waals surface area contributed by atoms with Crippen molar-refractivity contribution < 1.29 is 4.74 Å². The molecule has 3 nitrogen and oxygen atoms in total. The quantitative estimate of drug-likeness (QED) is 0.755. The predicted molar refractivity (Wildman–Crippen MR) is 62.0 cm³/mol. The van der Waals surface area contributed by atoms with Crippen LogP contribution in [0.5, 0.6) is 0 Å². The lowest BCUT2D eigenvalue weighted by Gasteiger charge is -2.40. The van der Waals surface area contributed by atoms with Gasteiger partial charge >= 0.3 is 0 Å². The molecule has 0 spiro atoms. The van der Waals surface area contributed by atoms with E-state index >= 15 is 0 Å². The summed E-state index contributed by atoms with van der Waals surface area (Å²) in [5.41, 5.74) is 0. The van der Waals surface area contributed by atoms with Crippen LogP contribution in [0, 0.1) is 5.92 Å². The van der Waals surface area contributed by atoms with Crippen molar-refractivity contribution in [3.8, 4) is 0 Å². The monoisotopic (exact) mass is 212 g/mol. The van der Waals surface area contributed by atoms with Crippen molar-refractivity contribution in [3.63, 3.8) is 0 Å². The topological polar surface area (TPSA) is 24.5 Å². The Bertz CT molecular complexity index is 184. The van der Waals surface area contributed by atoms with Gasteiger partial charge in [0.05, 0.1) is 12.2 Å². The first-order chi connectivity index (χ1) is 7.24. The molecule has 0 bridgehead atoms. The molecule has 1 aliphatic heterocycles. The molecule has 1 N–H and O–H groups in total. The SMILES string of the molecule is CC(C)OC1CC(CN2CCNCC2)C1. The molecule has 2 aliphatic rings. The molecule has 15 heavy (non-hydrogen) atoms. The maximum atomic E-state index is 5.77. The Morgan fingerprint density at radius 3 is 2.53 bits per heavy atom. The van der Waals surface area contributed by atoms with Crippen molar-refractivity contribution in [2.45, 2.75) is 38.9 Å². The van der Waals surface area contributed by atoms with Crippen LogP contribution in [0.1, 0.15) is 26.7 Å². The summed E-state index contributed by atoms with van der Waals surface area (Å²) >= 11 is 0. The highest BCUT2D eigenvalue weighted by atomic mass is 16.5. The minimum absolute atomic E-state index is 0.398. The molecule has 2 rings (SSSR count). The van der Waals surface area contributed by atoms with Crippen LogP contribution >= 0.6 is 0 Å². The number of hydrogen-bond donors (Lipinski definition) is 1. The fraction of sp³-hybridized carbons (Fsp3) is 1.00. The Morgan fingerprint density at radius 2 is 1.93 bits per heavy atom. The summed E-state index contributed by atoms with van der Waals surface area (Å²) in [6.45, 7) is 10.3. The van der Waals surface area contributed by atoms with Crippen LogP contribution in [-0.4, -0.2) is 49.8 Å². The molecule has 1 saturated heterocycles. The van der Waals surface area contributed by atoms with E-state index < -0.39 is 0 Å². The van der Waals surface area contributed by atoms with Gasteiger partial charge < -0.3 is 15.0 Å². The lowest BCUT2D eigenvalue weighted by molar-refractivity contribution is -0.0683. The van der Waals surface area contributed by atoms with Crippen molar-refractivity contribution in [2.75, 3.05) is 32.7 Å². The van der Waals surface area contributed by atoms with Crippen molar-refractivity contribution in [3.05, 3.63) is 0 Å². The van der Waals surface area contributed by atoms with E-state index in [1.165, 1.54) is 45.6 Å². The minimum Gasteiger partial charge on any atom is -0.376 e. The highest BCUT2D eigenvalue weighted by molar-refractivity contribution is 4.84. The Balaban J connectivity index is 1.58. The van der Waals surface area contributed by atoms with Crippen LogP contribution in [-0.2, 0) is 4.74 Å². The normalized spacial score (nSPS) is 33.0. The smallest absolute Gasteiger partial charge is 0.0584 e. The number of hydrogen-bond acceptors (Lipinski definition) is 3. The van der Waals surface area contributed by atoms with Gasteiger partial charge in [0.15, 0.2) is 0 Å². The van der Waals surface area contributed by atoms with Gasteiger partial charge in [-0.25, -0.2) is 0 Å². The molecular formula is C12H24N2O. The standard InChI is InChI=1S/C12H24N2O/c1-10(2)15-12-7-11(8-12)9-14-5-3-13-4-6-14/h10-13H,3-9H2,1-2H3. The molecule has 0 unspecified atom stereocenters. The van der Waals surface area contributed by atoms with Crippen LogP contribution in [0.15, 0.2) is 0 Å². The third kappa shape index (κ3) is 3.44. The van der Waals surface area contributed by atoms with Gasteiger partial charge in [-0.05, 0) is 32.6 Å². The highest BCUT2D eigenvalue weighted by Gasteiger charge is 2.31. The molecule has 3 heteroatoms. The molecule has 1 aliphatic carbocycles. The van der Waals surface area contributed by atoms with Gasteiger partial charge in [-0.2, -0.15) is 0 Å². The Hall–Kier alpha value is -0.120. The van der Waals surface area contributed by atoms with Crippen molar-refractivity contribution >= 4 is 0 Å². The van der Waals surface area contributed by atoms with Crippen molar-refractivity contribution in [1.82, 2.24) is 10.2 Å². The summed E-state index contributed by atoms with van der Waals surface area (Å²) in [7, 11) is 0. The third-order valence-electron chi connectivity index (χ3n) is 3.38. The Labute approximate surface area is 93.2 Å².